The quantitative estimate of drug-likeness (QED) is 0.525. The standard InChI is InChI=1S/C16H11N5O2/c22-13-9-5-1-3-7-11(9)17-15(19-13)21-16-18-12-8-4-2-6-10(12)14(23)20-16/h1-8H,(H3,17,18,19,20,21,22,23). The first-order valence-corrected chi connectivity index (χ1v) is 6.96. The van der Waals surface area contributed by atoms with E-state index in [1.54, 1.807) is 48.5 Å². The van der Waals surface area contributed by atoms with E-state index in [0.717, 1.165) is 0 Å². The monoisotopic (exact) mass is 305 g/mol. The first-order chi connectivity index (χ1) is 11.2. The van der Waals surface area contributed by atoms with Gasteiger partial charge in [-0.15, -0.1) is 0 Å². The first-order valence-electron chi connectivity index (χ1n) is 6.96. The van der Waals surface area contributed by atoms with E-state index in [2.05, 4.69) is 25.3 Å². The summed E-state index contributed by atoms with van der Waals surface area (Å²) in [4.78, 5) is 38.0. The zero-order valence-electron chi connectivity index (χ0n) is 11.8. The van der Waals surface area contributed by atoms with E-state index in [1.165, 1.54) is 0 Å². The number of hydrogen-bond donors (Lipinski definition) is 3. The van der Waals surface area contributed by atoms with Gasteiger partial charge in [0.1, 0.15) is 0 Å². The van der Waals surface area contributed by atoms with Crippen LogP contribution in [0.4, 0.5) is 11.9 Å². The lowest BCUT2D eigenvalue weighted by Crippen LogP contribution is -2.15. The Hall–Kier alpha value is -3.48. The number of fused-ring (bicyclic) bond motifs is 2. The molecule has 2 aromatic carbocycles. The van der Waals surface area contributed by atoms with Crippen LogP contribution in [-0.4, -0.2) is 19.9 Å². The van der Waals surface area contributed by atoms with Crippen LogP contribution in [0.15, 0.2) is 58.1 Å². The fourth-order valence-electron chi connectivity index (χ4n) is 2.40. The van der Waals surface area contributed by atoms with Gasteiger partial charge in [-0.25, -0.2) is 9.97 Å². The van der Waals surface area contributed by atoms with Gasteiger partial charge in [0, 0.05) is 0 Å². The highest BCUT2D eigenvalue weighted by Crippen LogP contribution is 2.12. The minimum Gasteiger partial charge on any atom is -0.296 e. The number of para-hydroxylation sites is 2. The second kappa shape index (κ2) is 5.06. The molecule has 4 rings (SSSR count). The molecular formula is C16H11N5O2. The largest absolute Gasteiger partial charge is 0.296 e. The van der Waals surface area contributed by atoms with Crippen LogP contribution in [0.5, 0.6) is 0 Å². The summed E-state index contributed by atoms with van der Waals surface area (Å²) in [5.41, 5.74) is 0.589. The Labute approximate surface area is 129 Å². The molecule has 0 saturated carbocycles. The molecule has 0 saturated heterocycles. The summed E-state index contributed by atoms with van der Waals surface area (Å²) in [5.74, 6) is 0.430. The normalized spacial score (nSPS) is 11.0. The average molecular weight is 305 g/mol. The molecule has 0 aliphatic heterocycles. The minimum atomic E-state index is -0.263. The van der Waals surface area contributed by atoms with Gasteiger partial charge in [0.05, 0.1) is 21.8 Å². The van der Waals surface area contributed by atoms with Crippen LogP contribution in [0.25, 0.3) is 21.8 Å². The third-order valence-electron chi connectivity index (χ3n) is 3.46. The number of hydrogen-bond acceptors (Lipinski definition) is 5. The van der Waals surface area contributed by atoms with Crippen molar-refractivity contribution in [1.82, 2.24) is 19.9 Å². The second-order valence-electron chi connectivity index (χ2n) is 4.99. The van der Waals surface area contributed by atoms with Crippen molar-refractivity contribution in [2.24, 2.45) is 0 Å². The van der Waals surface area contributed by atoms with Gasteiger partial charge in [0.25, 0.3) is 11.1 Å². The number of nitrogens with zero attached hydrogens (tertiary/aromatic N) is 2. The number of aromatic amines is 2. The Morgan fingerprint density at radius 2 is 1.13 bits per heavy atom. The molecule has 7 heteroatoms. The molecule has 0 radical (unpaired) electrons. The van der Waals surface area contributed by atoms with Gasteiger partial charge in [-0.1, -0.05) is 24.3 Å². The average Bonchev–Trinajstić information content (AvgIpc) is 2.55. The molecule has 0 aliphatic rings. The number of anilines is 2. The highest BCUT2D eigenvalue weighted by atomic mass is 16.1. The number of H-pyrrole nitrogens is 2. The summed E-state index contributed by atoms with van der Waals surface area (Å²) < 4.78 is 0. The molecule has 112 valence electrons. The van der Waals surface area contributed by atoms with Crippen molar-refractivity contribution in [3.63, 3.8) is 0 Å². The summed E-state index contributed by atoms with van der Waals surface area (Å²) in [7, 11) is 0. The maximum absolute atomic E-state index is 12.0. The summed E-state index contributed by atoms with van der Waals surface area (Å²) in [6.45, 7) is 0. The van der Waals surface area contributed by atoms with Crippen LogP contribution in [0.2, 0.25) is 0 Å². The number of benzene rings is 2. The molecular weight excluding hydrogens is 294 g/mol. The second-order valence-corrected chi connectivity index (χ2v) is 4.99. The van der Waals surface area contributed by atoms with Crippen molar-refractivity contribution >= 4 is 33.7 Å². The third-order valence-corrected chi connectivity index (χ3v) is 3.46. The summed E-state index contributed by atoms with van der Waals surface area (Å²) >= 11 is 0. The molecule has 2 aromatic heterocycles. The lowest BCUT2D eigenvalue weighted by Gasteiger charge is -2.06. The Morgan fingerprint density at radius 1 is 0.696 bits per heavy atom. The van der Waals surface area contributed by atoms with Crippen molar-refractivity contribution in [3.8, 4) is 0 Å². The molecule has 0 atom stereocenters. The van der Waals surface area contributed by atoms with Crippen LogP contribution >= 0.6 is 0 Å². The third kappa shape index (κ3) is 2.34. The van der Waals surface area contributed by atoms with Crippen LogP contribution in [0.3, 0.4) is 0 Å². The van der Waals surface area contributed by atoms with E-state index in [0.29, 0.717) is 21.8 Å². The van der Waals surface area contributed by atoms with Gasteiger partial charge in [0.2, 0.25) is 11.9 Å². The van der Waals surface area contributed by atoms with Crippen LogP contribution in [-0.2, 0) is 0 Å². The van der Waals surface area contributed by atoms with E-state index in [-0.39, 0.29) is 23.0 Å². The Balaban J connectivity index is 1.82. The van der Waals surface area contributed by atoms with Gasteiger partial charge in [-0.3, -0.25) is 24.9 Å². The van der Waals surface area contributed by atoms with Crippen molar-refractivity contribution in [3.05, 3.63) is 69.2 Å². The van der Waals surface area contributed by atoms with E-state index in [9.17, 15) is 9.59 Å². The molecule has 0 amide bonds. The molecule has 4 aromatic rings. The predicted molar refractivity (Wildman–Crippen MR) is 88.0 cm³/mol. The number of aromatic nitrogens is 4. The van der Waals surface area contributed by atoms with Crippen molar-refractivity contribution in [2.75, 3.05) is 5.32 Å². The molecule has 7 nitrogen and oxygen atoms in total. The molecule has 0 spiro atoms. The van der Waals surface area contributed by atoms with Gasteiger partial charge < -0.3 is 0 Å². The zero-order chi connectivity index (χ0) is 15.8. The highest BCUT2D eigenvalue weighted by Gasteiger charge is 2.06. The van der Waals surface area contributed by atoms with Crippen molar-refractivity contribution < 1.29 is 0 Å². The minimum absolute atomic E-state index is 0.215. The topological polar surface area (TPSA) is 104 Å². The molecule has 0 aliphatic carbocycles. The van der Waals surface area contributed by atoms with Crippen LogP contribution in [0.1, 0.15) is 0 Å². The summed E-state index contributed by atoms with van der Waals surface area (Å²) in [6, 6.07) is 14.0. The Morgan fingerprint density at radius 3 is 1.61 bits per heavy atom. The van der Waals surface area contributed by atoms with E-state index < -0.39 is 0 Å². The molecule has 3 N–H and O–H groups in total. The fraction of sp³-hybridized carbons (Fsp3) is 0. The molecule has 2 heterocycles. The lowest BCUT2D eigenvalue weighted by atomic mass is 10.2. The Bertz CT molecular complexity index is 1050. The van der Waals surface area contributed by atoms with E-state index in [4.69, 9.17) is 0 Å². The maximum Gasteiger partial charge on any atom is 0.260 e. The van der Waals surface area contributed by atoms with Gasteiger partial charge >= 0.3 is 0 Å². The van der Waals surface area contributed by atoms with Crippen LogP contribution in [0, 0.1) is 0 Å². The van der Waals surface area contributed by atoms with Crippen molar-refractivity contribution in [1.29, 1.82) is 0 Å². The molecule has 23 heavy (non-hydrogen) atoms. The lowest BCUT2D eigenvalue weighted by molar-refractivity contribution is 1.11. The Kier molecular flexibility index (Phi) is 2.90. The van der Waals surface area contributed by atoms with Gasteiger partial charge in [0.15, 0.2) is 0 Å². The molecule has 0 fully saturated rings. The zero-order valence-corrected chi connectivity index (χ0v) is 11.8. The number of rotatable bonds is 2. The smallest absolute Gasteiger partial charge is 0.260 e. The van der Waals surface area contributed by atoms with Crippen molar-refractivity contribution in [2.45, 2.75) is 0 Å². The maximum atomic E-state index is 12.0. The van der Waals surface area contributed by atoms with Gasteiger partial charge in [-0.2, -0.15) is 0 Å². The molecule has 0 unspecified atom stereocenters. The highest BCUT2D eigenvalue weighted by molar-refractivity contribution is 5.80. The van der Waals surface area contributed by atoms with Gasteiger partial charge in [-0.05, 0) is 24.3 Å². The summed E-state index contributed by atoms with van der Waals surface area (Å²) in [6.07, 6.45) is 0. The predicted octanol–water partition coefficient (Wildman–Crippen LogP) is 1.90. The molecule has 0 bridgehead atoms. The van der Waals surface area contributed by atoms with E-state index >= 15 is 0 Å². The van der Waals surface area contributed by atoms with Crippen LogP contribution < -0.4 is 16.4 Å². The number of nitrogens with one attached hydrogen (secondary N) is 3. The SMILES string of the molecule is O=c1[nH]c(Nc2nc3ccccc3c(=O)[nH]2)nc2ccccc12. The van der Waals surface area contributed by atoms with E-state index in [1.807, 2.05) is 0 Å². The first kappa shape index (κ1) is 13.2. The summed E-state index contributed by atoms with van der Waals surface area (Å²) in [5, 5.41) is 3.83. The fourth-order valence-corrected chi connectivity index (χ4v) is 2.40.